The molecule has 24 heavy (non-hydrogen) atoms. The van der Waals surface area contributed by atoms with E-state index >= 15 is 0 Å². The number of nitrogens with one attached hydrogen (secondary N) is 2. The summed E-state index contributed by atoms with van der Waals surface area (Å²) >= 11 is 2.85. The van der Waals surface area contributed by atoms with E-state index < -0.39 is 6.23 Å². The molecule has 0 radical (unpaired) electrons. The molecule has 0 spiro atoms. The SMILES string of the molecule is CSCC(=O)NCCN(CCNC(=O)CSC)C(=O)CCC(N)O. The van der Waals surface area contributed by atoms with Gasteiger partial charge < -0.3 is 26.4 Å². The summed E-state index contributed by atoms with van der Waals surface area (Å²) < 4.78 is 0. The van der Waals surface area contributed by atoms with Crippen LogP contribution in [0.3, 0.4) is 0 Å². The number of carbonyl (C=O) groups excluding carboxylic acids is 3. The molecule has 0 aromatic heterocycles. The molecule has 5 N–H and O–H groups in total. The molecule has 0 rings (SSSR count). The fourth-order valence-corrected chi connectivity index (χ4v) is 2.54. The second-order valence-electron chi connectivity index (χ2n) is 5.05. The largest absolute Gasteiger partial charge is 0.379 e. The molecule has 140 valence electrons. The number of aliphatic hydroxyl groups is 1. The molecule has 0 saturated carbocycles. The third-order valence-corrected chi connectivity index (χ3v) is 4.07. The molecule has 0 aromatic rings. The normalized spacial score (nSPS) is 11.7. The topological polar surface area (TPSA) is 125 Å². The van der Waals surface area contributed by atoms with Gasteiger partial charge in [0.2, 0.25) is 17.7 Å². The van der Waals surface area contributed by atoms with Crippen molar-refractivity contribution in [3.63, 3.8) is 0 Å². The highest BCUT2D eigenvalue weighted by atomic mass is 32.2. The van der Waals surface area contributed by atoms with E-state index in [-0.39, 0.29) is 30.6 Å². The average molecular weight is 381 g/mol. The van der Waals surface area contributed by atoms with Gasteiger partial charge in [-0.15, -0.1) is 0 Å². The van der Waals surface area contributed by atoms with E-state index in [2.05, 4.69) is 10.6 Å². The molecular formula is C14H28N4O4S2. The van der Waals surface area contributed by atoms with Gasteiger partial charge in [-0.05, 0) is 18.9 Å². The summed E-state index contributed by atoms with van der Waals surface area (Å²) in [6.45, 7) is 1.38. The lowest BCUT2D eigenvalue weighted by Gasteiger charge is -2.23. The first kappa shape index (κ1) is 23.0. The number of rotatable bonds is 13. The average Bonchev–Trinajstić information content (AvgIpc) is 2.51. The van der Waals surface area contributed by atoms with Crippen LogP contribution in [0.15, 0.2) is 0 Å². The first-order valence-electron chi connectivity index (χ1n) is 7.63. The van der Waals surface area contributed by atoms with Gasteiger partial charge in [-0.1, -0.05) is 0 Å². The van der Waals surface area contributed by atoms with Crippen LogP contribution in [0.2, 0.25) is 0 Å². The first-order valence-corrected chi connectivity index (χ1v) is 10.4. The van der Waals surface area contributed by atoms with Gasteiger partial charge in [-0.3, -0.25) is 14.4 Å². The molecule has 8 nitrogen and oxygen atoms in total. The quantitative estimate of drug-likeness (QED) is 0.297. The van der Waals surface area contributed by atoms with Gasteiger partial charge in [0.25, 0.3) is 0 Å². The minimum atomic E-state index is -1.03. The molecule has 0 bridgehead atoms. The number of aliphatic hydroxyl groups excluding tert-OH is 1. The van der Waals surface area contributed by atoms with E-state index in [1.807, 2.05) is 12.5 Å². The van der Waals surface area contributed by atoms with Crippen LogP contribution in [0.25, 0.3) is 0 Å². The van der Waals surface area contributed by atoms with Crippen LogP contribution in [-0.2, 0) is 14.4 Å². The maximum Gasteiger partial charge on any atom is 0.230 e. The number of hydrogen-bond acceptors (Lipinski definition) is 7. The summed E-state index contributed by atoms with van der Waals surface area (Å²) in [5.41, 5.74) is 5.25. The fourth-order valence-electron chi connectivity index (χ4n) is 1.82. The molecule has 0 saturated heterocycles. The Morgan fingerprint density at radius 2 is 1.50 bits per heavy atom. The lowest BCUT2D eigenvalue weighted by molar-refractivity contribution is -0.132. The Morgan fingerprint density at radius 3 is 1.88 bits per heavy atom. The van der Waals surface area contributed by atoms with Crippen LogP contribution in [0.5, 0.6) is 0 Å². The Labute approximate surface area is 151 Å². The summed E-state index contributed by atoms with van der Waals surface area (Å²) in [7, 11) is 0. The Bertz CT molecular complexity index is 373. The van der Waals surface area contributed by atoms with E-state index in [1.54, 1.807) is 4.90 Å². The summed E-state index contributed by atoms with van der Waals surface area (Å²) in [6.07, 6.45) is 2.94. The van der Waals surface area contributed by atoms with E-state index in [4.69, 9.17) is 10.8 Å². The molecule has 0 aliphatic heterocycles. The predicted octanol–water partition coefficient (Wildman–Crippen LogP) is -1.17. The Balaban J connectivity index is 4.34. The van der Waals surface area contributed by atoms with Crippen molar-refractivity contribution in [1.29, 1.82) is 0 Å². The Morgan fingerprint density at radius 1 is 1.04 bits per heavy atom. The standard InChI is InChI=1S/C14H28N4O4S2/c1-23-9-12(20)16-5-7-18(14(22)4-3-11(15)19)8-6-17-13(21)10-24-2/h11,19H,3-10,15H2,1-2H3,(H,16,20)(H,17,21). The molecular weight excluding hydrogens is 352 g/mol. The Kier molecular flexibility index (Phi) is 13.8. The molecule has 1 atom stereocenters. The van der Waals surface area contributed by atoms with Gasteiger partial charge in [0, 0.05) is 32.6 Å². The smallest absolute Gasteiger partial charge is 0.230 e. The minimum absolute atomic E-state index is 0.0828. The number of hydrogen-bond donors (Lipinski definition) is 4. The molecule has 0 aliphatic carbocycles. The van der Waals surface area contributed by atoms with Gasteiger partial charge in [0.15, 0.2) is 0 Å². The summed E-state index contributed by atoms with van der Waals surface area (Å²) in [5, 5.41) is 14.6. The van der Waals surface area contributed by atoms with Crippen LogP contribution in [0.1, 0.15) is 12.8 Å². The van der Waals surface area contributed by atoms with Gasteiger partial charge in [0.1, 0.15) is 6.23 Å². The van der Waals surface area contributed by atoms with Crippen LogP contribution in [-0.4, -0.2) is 84.2 Å². The highest BCUT2D eigenvalue weighted by molar-refractivity contribution is 7.99. The van der Waals surface area contributed by atoms with Crippen LogP contribution in [0, 0.1) is 0 Å². The van der Waals surface area contributed by atoms with Gasteiger partial charge >= 0.3 is 0 Å². The molecule has 0 heterocycles. The van der Waals surface area contributed by atoms with Crippen molar-refractivity contribution in [2.45, 2.75) is 19.1 Å². The predicted molar refractivity (Wildman–Crippen MR) is 98.8 cm³/mol. The van der Waals surface area contributed by atoms with E-state index in [9.17, 15) is 14.4 Å². The molecule has 0 aromatic carbocycles. The zero-order chi connectivity index (χ0) is 18.4. The molecule has 0 fully saturated rings. The lowest BCUT2D eigenvalue weighted by Crippen LogP contribution is -2.43. The third-order valence-electron chi connectivity index (χ3n) is 2.97. The first-order chi connectivity index (χ1) is 11.4. The highest BCUT2D eigenvalue weighted by Gasteiger charge is 2.15. The minimum Gasteiger partial charge on any atom is -0.379 e. The third kappa shape index (κ3) is 12.5. The fraction of sp³-hybridized carbons (Fsp3) is 0.786. The van der Waals surface area contributed by atoms with Crippen molar-refractivity contribution in [3.05, 3.63) is 0 Å². The van der Waals surface area contributed by atoms with E-state index in [0.717, 1.165) is 0 Å². The lowest BCUT2D eigenvalue weighted by atomic mass is 10.2. The van der Waals surface area contributed by atoms with Crippen LogP contribution in [0.4, 0.5) is 0 Å². The van der Waals surface area contributed by atoms with Crippen molar-refractivity contribution < 1.29 is 19.5 Å². The van der Waals surface area contributed by atoms with Crippen LogP contribution < -0.4 is 16.4 Å². The zero-order valence-electron chi connectivity index (χ0n) is 14.2. The van der Waals surface area contributed by atoms with Crippen molar-refractivity contribution in [1.82, 2.24) is 15.5 Å². The van der Waals surface area contributed by atoms with E-state index in [1.165, 1.54) is 23.5 Å². The van der Waals surface area contributed by atoms with Crippen molar-refractivity contribution >= 4 is 41.2 Å². The number of thioether (sulfide) groups is 2. The van der Waals surface area contributed by atoms with Crippen molar-refractivity contribution in [3.8, 4) is 0 Å². The summed E-state index contributed by atoms with van der Waals surface area (Å²) in [6, 6.07) is 0. The number of carbonyl (C=O) groups is 3. The maximum atomic E-state index is 12.2. The Hall–Kier alpha value is -0.970. The van der Waals surface area contributed by atoms with E-state index in [0.29, 0.717) is 37.7 Å². The maximum absolute atomic E-state index is 12.2. The number of nitrogens with two attached hydrogens (primary N) is 1. The van der Waals surface area contributed by atoms with Gasteiger partial charge in [-0.2, -0.15) is 23.5 Å². The molecule has 3 amide bonds. The molecule has 0 aliphatic rings. The molecule has 10 heteroatoms. The number of amides is 3. The monoisotopic (exact) mass is 380 g/mol. The zero-order valence-corrected chi connectivity index (χ0v) is 15.9. The molecule has 1 unspecified atom stereocenters. The van der Waals surface area contributed by atoms with Crippen LogP contribution >= 0.6 is 23.5 Å². The van der Waals surface area contributed by atoms with Crippen molar-refractivity contribution in [2.24, 2.45) is 5.73 Å². The second-order valence-corrected chi connectivity index (χ2v) is 6.78. The second kappa shape index (κ2) is 14.4. The number of nitrogens with zero attached hydrogens (tertiary/aromatic N) is 1. The van der Waals surface area contributed by atoms with Crippen molar-refractivity contribution in [2.75, 3.05) is 50.2 Å². The highest BCUT2D eigenvalue weighted by Crippen LogP contribution is 1.99. The summed E-state index contributed by atoms with van der Waals surface area (Å²) in [5.74, 6) is 0.412. The summed E-state index contributed by atoms with van der Waals surface area (Å²) in [4.78, 5) is 36.6. The van der Waals surface area contributed by atoms with Gasteiger partial charge in [-0.25, -0.2) is 0 Å². The van der Waals surface area contributed by atoms with Gasteiger partial charge in [0.05, 0.1) is 11.5 Å².